The Bertz CT molecular complexity index is 415. The summed E-state index contributed by atoms with van der Waals surface area (Å²) in [4.78, 5) is 21.6. The molecule has 98 valence electrons. The molecule has 1 aliphatic rings. The van der Waals surface area contributed by atoms with Crippen molar-refractivity contribution < 1.29 is 18.0 Å². The van der Waals surface area contributed by atoms with Crippen LogP contribution in [0.1, 0.15) is 0 Å². The number of aromatic nitrogens is 2. The molecule has 1 aromatic heterocycles. The fourth-order valence-corrected chi connectivity index (χ4v) is 1.77. The molecule has 18 heavy (non-hydrogen) atoms. The average molecular weight is 260 g/mol. The van der Waals surface area contributed by atoms with Gasteiger partial charge < -0.3 is 9.80 Å². The van der Waals surface area contributed by atoms with E-state index >= 15 is 0 Å². The summed E-state index contributed by atoms with van der Waals surface area (Å²) in [6.45, 7) is 0.713. The molecular weight excluding hydrogens is 249 g/mol. The van der Waals surface area contributed by atoms with Gasteiger partial charge in [0.05, 0.1) is 6.20 Å². The quantitative estimate of drug-likeness (QED) is 0.745. The van der Waals surface area contributed by atoms with Crippen molar-refractivity contribution in [2.45, 2.75) is 6.18 Å². The predicted molar refractivity (Wildman–Crippen MR) is 56.9 cm³/mol. The highest BCUT2D eigenvalue weighted by Crippen LogP contribution is 2.20. The molecule has 0 saturated carbocycles. The summed E-state index contributed by atoms with van der Waals surface area (Å²) in [6, 6.07) is 0. The number of nitrogens with zero attached hydrogens (tertiary/aromatic N) is 4. The van der Waals surface area contributed by atoms with Gasteiger partial charge in [-0.1, -0.05) is 0 Å². The van der Waals surface area contributed by atoms with Crippen molar-refractivity contribution in [2.24, 2.45) is 0 Å². The van der Waals surface area contributed by atoms with Crippen LogP contribution in [0.4, 0.5) is 19.0 Å². The lowest BCUT2D eigenvalue weighted by Crippen LogP contribution is -2.52. The second kappa shape index (κ2) is 4.79. The number of carbonyl (C=O) groups is 1. The Kier molecular flexibility index (Phi) is 3.35. The fraction of sp³-hybridized carbons (Fsp3) is 0.500. The van der Waals surface area contributed by atoms with Crippen LogP contribution in [0.2, 0.25) is 0 Å². The Morgan fingerprint density at radius 3 is 2.33 bits per heavy atom. The van der Waals surface area contributed by atoms with Gasteiger partial charge in [-0.15, -0.1) is 0 Å². The van der Waals surface area contributed by atoms with E-state index in [1.165, 1.54) is 12.4 Å². The predicted octanol–water partition coefficient (Wildman–Crippen LogP) is 0.687. The van der Waals surface area contributed by atoms with Crippen molar-refractivity contribution in [3.05, 3.63) is 18.6 Å². The number of amides is 1. The number of alkyl halides is 3. The van der Waals surface area contributed by atoms with Crippen molar-refractivity contribution in [2.75, 3.05) is 31.1 Å². The van der Waals surface area contributed by atoms with E-state index in [-0.39, 0.29) is 13.1 Å². The van der Waals surface area contributed by atoms with Gasteiger partial charge in [-0.2, -0.15) is 13.2 Å². The lowest BCUT2D eigenvalue weighted by molar-refractivity contribution is -0.185. The minimum Gasteiger partial charge on any atom is -0.352 e. The zero-order valence-electron chi connectivity index (χ0n) is 9.39. The van der Waals surface area contributed by atoms with Gasteiger partial charge in [-0.05, 0) is 0 Å². The van der Waals surface area contributed by atoms with Gasteiger partial charge in [-0.3, -0.25) is 9.78 Å². The lowest BCUT2D eigenvalue weighted by atomic mass is 10.3. The largest absolute Gasteiger partial charge is 0.471 e. The third-order valence-corrected chi connectivity index (χ3v) is 2.68. The molecule has 0 N–H and O–H groups in total. The number of hydrogen-bond donors (Lipinski definition) is 0. The zero-order chi connectivity index (χ0) is 13.2. The maximum Gasteiger partial charge on any atom is 0.471 e. The van der Waals surface area contributed by atoms with Crippen LogP contribution in [0.5, 0.6) is 0 Å². The molecule has 1 aliphatic heterocycles. The monoisotopic (exact) mass is 260 g/mol. The molecule has 2 rings (SSSR count). The first-order valence-corrected chi connectivity index (χ1v) is 5.35. The number of carbonyl (C=O) groups excluding carboxylic acids is 1. The Balaban J connectivity index is 1.95. The van der Waals surface area contributed by atoms with E-state index in [2.05, 4.69) is 9.97 Å². The summed E-state index contributed by atoms with van der Waals surface area (Å²) >= 11 is 0. The first-order valence-electron chi connectivity index (χ1n) is 5.35. The van der Waals surface area contributed by atoms with Crippen LogP contribution in [0.15, 0.2) is 18.6 Å². The third kappa shape index (κ3) is 2.69. The van der Waals surface area contributed by atoms with E-state index in [0.29, 0.717) is 18.9 Å². The van der Waals surface area contributed by atoms with E-state index in [4.69, 9.17) is 0 Å². The molecule has 2 heterocycles. The molecule has 0 radical (unpaired) electrons. The van der Waals surface area contributed by atoms with Gasteiger partial charge in [0.15, 0.2) is 0 Å². The number of piperazine rings is 1. The van der Waals surface area contributed by atoms with Gasteiger partial charge in [0.25, 0.3) is 0 Å². The molecule has 0 spiro atoms. The van der Waals surface area contributed by atoms with Crippen LogP contribution in [0.3, 0.4) is 0 Å². The Morgan fingerprint density at radius 1 is 1.17 bits per heavy atom. The van der Waals surface area contributed by atoms with Gasteiger partial charge >= 0.3 is 12.1 Å². The van der Waals surface area contributed by atoms with E-state index in [0.717, 1.165) is 4.90 Å². The summed E-state index contributed by atoms with van der Waals surface area (Å²) < 4.78 is 36.7. The molecule has 1 saturated heterocycles. The topological polar surface area (TPSA) is 49.3 Å². The number of anilines is 1. The maximum atomic E-state index is 12.2. The minimum absolute atomic E-state index is 0.0366. The second-order valence-corrected chi connectivity index (χ2v) is 3.84. The first-order chi connectivity index (χ1) is 8.48. The van der Waals surface area contributed by atoms with Crippen molar-refractivity contribution in [3.63, 3.8) is 0 Å². The molecule has 1 amide bonds. The van der Waals surface area contributed by atoms with E-state index in [9.17, 15) is 18.0 Å². The lowest BCUT2D eigenvalue weighted by Gasteiger charge is -2.35. The summed E-state index contributed by atoms with van der Waals surface area (Å²) in [5.41, 5.74) is 0. The molecule has 0 aromatic carbocycles. The van der Waals surface area contributed by atoms with Crippen LogP contribution >= 0.6 is 0 Å². The SMILES string of the molecule is O=C(N1CCN(c2cnccn2)CC1)C(F)(F)F. The smallest absolute Gasteiger partial charge is 0.352 e. The Morgan fingerprint density at radius 2 is 1.83 bits per heavy atom. The first kappa shape index (κ1) is 12.6. The summed E-state index contributed by atoms with van der Waals surface area (Å²) in [5.74, 6) is -1.17. The van der Waals surface area contributed by atoms with Crippen LogP contribution < -0.4 is 4.90 Å². The highest BCUT2D eigenvalue weighted by atomic mass is 19.4. The summed E-state index contributed by atoms with van der Waals surface area (Å²) in [5, 5.41) is 0. The van der Waals surface area contributed by atoms with Crippen LogP contribution in [-0.2, 0) is 4.79 Å². The molecule has 0 aliphatic carbocycles. The number of hydrogen-bond acceptors (Lipinski definition) is 4. The third-order valence-electron chi connectivity index (χ3n) is 2.68. The molecule has 0 bridgehead atoms. The molecule has 1 fully saturated rings. The molecule has 1 aromatic rings. The van der Waals surface area contributed by atoms with Gasteiger partial charge in [0.1, 0.15) is 5.82 Å². The standard InChI is InChI=1S/C10H11F3N4O/c11-10(12,13)9(18)17-5-3-16(4-6-17)8-7-14-1-2-15-8/h1-2,7H,3-6H2. The Hall–Kier alpha value is -1.86. The fourth-order valence-electron chi connectivity index (χ4n) is 1.77. The summed E-state index contributed by atoms with van der Waals surface area (Å²) in [6.07, 6.45) is -0.217. The van der Waals surface area contributed by atoms with Gasteiger partial charge in [0, 0.05) is 38.6 Å². The van der Waals surface area contributed by atoms with Crippen LogP contribution in [-0.4, -0.2) is 53.1 Å². The maximum absolute atomic E-state index is 12.2. The average Bonchev–Trinajstić information content (AvgIpc) is 2.38. The minimum atomic E-state index is -4.80. The van der Waals surface area contributed by atoms with E-state index in [1.54, 1.807) is 11.1 Å². The number of halogens is 3. The number of rotatable bonds is 1. The summed E-state index contributed by atoms with van der Waals surface area (Å²) in [7, 11) is 0. The second-order valence-electron chi connectivity index (χ2n) is 3.84. The molecule has 8 heteroatoms. The van der Waals surface area contributed by atoms with Crippen molar-refractivity contribution in [1.29, 1.82) is 0 Å². The van der Waals surface area contributed by atoms with Crippen molar-refractivity contribution >= 4 is 11.7 Å². The van der Waals surface area contributed by atoms with Crippen molar-refractivity contribution in [1.82, 2.24) is 14.9 Å². The van der Waals surface area contributed by atoms with Crippen LogP contribution in [0.25, 0.3) is 0 Å². The molecule has 5 nitrogen and oxygen atoms in total. The van der Waals surface area contributed by atoms with E-state index in [1.807, 2.05) is 0 Å². The van der Waals surface area contributed by atoms with Gasteiger partial charge in [0.2, 0.25) is 0 Å². The van der Waals surface area contributed by atoms with Gasteiger partial charge in [-0.25, -0.2) is 4.98 Å². The Labute approximate surface area is 101 Å². The normalized spacial score (nSPS) is 16.8. The molecule has 0 unspecified atom stereocenters. The highest BCUT2D eigenvalue weighted by Gasteiger charge is 2.43. The zero-order valence-corrected chi connectivity index (χ0v) is 9.39. The van der Waals surface area contributed by atoms with Crippen LogP contribution in [0, 0.1) is 0 Å². The highest BCUT2D eigenvalue weighted by molar-refractivity contribution is 5.82. The molecular formula is C10H11F3N4O. The van der Waals surface area contributed by atoms with Crippen molar-refractivity contribution in [3.8, 4) is 0 Å². The molecule has 0 atom stereocenters. The van der Waals surface area contributed by atoms with E-state index < -0.39 is 12.1 Å².